The van der Waals surface area contributed by atoms with Gasteiger partial charge in [0.1, 0.15) is 0 Å². The minimum atomic E-state index is -1.40. The van der Waals surface area contributed by atoms with E-state index < -0.39 is 17.7 Å². The van der Waals surface area contributed by atoms with Gasteiger partial charge in [0.15, 0.2) is 11.7 Å². The number of hydrogen-bond donors (Lipinski definition) is 1. The average Bonchev–Trinajstić information content (AvgIpc) is 2.96. The van der Waals surface area contributed by atoms with E-state index in [4.69, 9.17) is 4.74 Å². The first-order valence-corrected chi connectivity index (χ1v) is 8.20. The molecule has 1 aliphatic rings. The fourth-order valence-electron chi connectivity index (χ4n) is 2.27. The molecule has 0 bridgehead atoms. The van der Waals surface area contributed by atoms with E-state index in [1.54, 1.807) is 22.3 Å². The number of ether oxygens (including phenoxy) is 1. The van der Waals surface area contributed by atoms with E-state index >= 15 is 0 Å². The van der Waals surface area contributed by atoms with Crippen LogP contribution in [0.25, 0.3) is 0 Å². The van der Waals surface area contributed by atoms with Crippen molar-refractivity contribution in [1.29, 1.82) is 0 Å². The predicted octanol–water partition coefficient (Wildman–Crippen LogP) is 2.11. The number of aliphatic hydroxyl groups is 1. The van der Waals surface area contributed by atoms with Gasteiger partial charge in [0.25, 0.3) is 5.91 Å². The second kappa shape index (κ2) is 7.07. The molecule has 1 aliphatic carbocycles. The van der Waals surface area contributed by atoms with Crippen LogP contribution >= 0.6 is 11.3 Å². The standard InChI is InChI=1S/C16H21NO4S/c1-3-9-17(11-13-6-4-10-22-13)14(18)12(2)21-15(19)16(20)7-5-8-16/h3-4,6,10,12,20H,1,5,7-9,11H2,2H3. The molecule has 1 fully saturated rings. The smallest absolute Gasteiger partial charge is 0.338 e. The van der Waals surface area contributed by atoms with Crippen LogP contribution in [-0.4, -0.2) is 40.1 Å². The quantitative estimate of drug-likeness (QED) is 0.616. The van der Waals surface area contributed by atoms with E-state index in [1.165, 1.54) is 6.92 Å². The van der Waals surface area contributed by atoms with Gasteiger partial charge in [-0.2, -0.15) is 0 Å². The van der Waals surface area contributed by atoms with Gasteiger partial charge in [-0.15, -0.1) is 17.9 Å². The molecule has 22 heavy (non-hydrogen) atoms. The number of carbonyl (C=O) groups excluding carboxylic acids is 2. The van der Waals surface area contributed by atoms with Crippen molar-refractivity contribution in [3.63, 3.8) is 0 Å². The zero-order chi connectivity index (χ0) is 16.2. The Morgan fingerprint density at radius 2 is 2.32 bits per heavy atom. The molecule has 1 heterocycles. The summed E-state index contributed by atoms with van der Waals surface area (Å²) >= 11 is 1.56. The molecule has 0 aliphatic heterocycles. The molecule has 0 radical (unpaired) electrons. The maximum atomic E-state index is 12.5. The van der Waals surface area contributed by atoms with Crippen LogP contribution in [0.5, 0.6) is 0 Å². The van der Waals surface area contributed by atoms with Crippen molar-refractivity contribution in [3.05, 3.63) is 35.0 Å². The van der Waals surface area contributed by atoms with Crippen molar-refractivity contribution in [1.82, 2.24) is 4.90 Å². The highest BCUT2D eigenvalue weighted by Gasteiger charge is 2.44. The summed E-state index contributed by atoms with van der Waals surface area (Å²) in [6.07, 6.45) is 2.32. The second-order valence-electron chi connectivity index (χ2n) is 5.52. The number of thiophene rings is 1. The topological polar surface area (TPSA) is 66.8 Å². The first-order chi connectivity index (χ1) is 10.5. The highest BCUT2D eigenvalue weighted by Crippen LogP contribution is 2.33. The third kappa shape index (κ3) is 3.75. The first-order valence-electron chi connectivity index (χ1n) is 7.32. The Morgan fingerprint density at radius 1 is 1.59 bits per heavy atom. The maximum absolute atomic E-state index is 12.5. The molecule has 5 nitrogen and oxygen atoms in total. The van der Waals surface area contributed by atoms with Crippen molar-refractivity contribution in [2.24, 2.45) is 0 Å². The molecule has 1 amide bonds. The summed E-state index contributed by atoms with van der Waals surface area (Å²) in [5.41, 5.74) is -1.40. The van der Waals surface area contributed by atoms with Gasteiger partial charge >= 0.3 is 5.97 Å². The molecular weight excluding hydrogens is 302 g/mol. The molecule has 120 valence electrons. The fraction of sp³-hybridized carbons (Fsp3) is 0.500. The molecule has 0 saturated heterocycles. The summed E-state index contributed by atoms with van der Waals surface area (Å²) in [4.78, 5) is 27.0. The summed E-state index contributed by atoms with van der Waals surface area (Å²) < 4.78 is 5.15. The average molecular weight is 323 g/mol. The lowest BCUT2D eigenvalue weighted by atomic mass is 9.80. The predicted molar refractivity (Wildman–Crippen MR) is 84.3 cm³/mol. The summed E-state index contributed by atoms with van der Waals surface area (Å²) in [6, 6.07) is 3.87. The molecular formula is C16H21NO4S. The number of amides is 1. The van der Waals surface area contributed by atoms with Crippen molar-refractivity contribution >= 4 is 23.2 Å². The lowest BCUT2D eigenvalue weighted by Gasteiger charge is -2.35. The van der Waals surface area contributed by atoms with Crippen molar-refractivity contribution in [2.75, 3.05) is 6.54 Å². The minimum absolute atomic E-state index is 0.287. The minimum Gasteiger partial charge on any atom is -0.450 e. The van der Waals surface area contributed by atoms with Crippen LogP contribution in [0.2, 0.25) is 0 Å². The van der Waals surface area contributed by atoms with Crippen LogP contribution < -0.4 is 0 Å². The Balaban J connectivity index is 1.96. The number of hydrogen-bond acceptors (Lipinski definition) is 5. The van der Waals surface area contributed by atoms with Crippen molar-refractivity contribution < 1.29 is 19.4 Å². The molecule has 2 rings (SSSR count). The third-order valence-corrected chi connectivity index (χ3v) is 4.64. The van der Waals surface area contributed by atoms with Crippen LogP contribution in [-0.2, 0) is 20.9 Å². The lowest BCUT2D eigenvalue weighted by molar-refractivity contribution is -0.183. The number of rotatable bonds is 7. The fourth-order valence-corrected chi connectivity index (χ4v) is 2.99. The van der Waals surface area contributed by atoms with Crippen LogP contribution in [0, 0.1) is 0 Å². The van der Waals surface area contributed by atoms with Gasteiger partial charge in [-0.1, -0.05) is 12.1 Å². The largest absolute Gasteiger partial charge is 0.450 e. The Labute approximate surface area is 134 Å². The van der Waals surface area contributed by atoms with Gasteiger partial charge in [-0.25, -0.2) is 4.79 Å². The van der Waals surface area contributed by atoms with Gasteiger partial charge in [0, 0.05) is 11.4 Å². The Morgan fingerprint density at radius 3 is 2.82 bits per heavy atom. The third-order valence-electron chi connectivity index (χ3n) is 3.78. The summed E-state index contributed by atoms with van der Waals surface area (Å²) in [5.74, 6) is -0.987. The molecule has 0 aromatic carbocycles. The normalized spacial score (nSPS) is 17.2. The van der Waals surface area contributed by atoms with Crippen LogP contribution in [0.4, 0.5) is 0 Å². The van der Waals surface area contributed by atoms with E-state index in [9.17, 15) is 14.7 Å². The zero-order valence-electron chi connectivity index (χ0n) is 12.7. The van der Waals surface area contributed by atoms with E-state index in [0.29, 0.717) is 25.9 Å². The maximum Gasteiger partial charge on any atom is 0.338 e. The van der Waals surface area contributed by atoms with Crippen LogP contribution in [0.3, 0.4) is 0 Å². The highest BCUT2D eigenvalue weighted by atomic mass is 32.1. The first kappa shape index (κ1) is 16.7. The lowest BCUT2D eigenvalue weighted by Crippen LogP contribution is -2.49. The van der Waals surface area contributed by atoms with Crippen molar-refractivity contribution in [3.8, 4) is 0 Å². The highest BCUT2D eigenvalue weighted by molar-refractivity contribution is 7.09. The van der Waals surface area contributed by atoms with Gasteiger partial charge in [-0.3, -0.25) is 4.79 Å². The second-order valence-corrected chi connectivity index (χ2v) is 6.55. The van der Waals surface area contributed by atoms with E-state index in [0.717, 1.165) is 11.3 Å². The zero-order valence-corrected chi connectivity index (χ0v) is 13.5. The monoisotopic (exact) mass is 323 g/mol. The van der Waals surface area contributed by atoms with E-state index in [2.05, 4.69) is 6.58 Å². The molecule has 1 aromatic rings. The Bertz CT molecular complexity index is 536. The summed E-state index contributed by atoms with van der Waals surface area (Å²) in [6.45, 7) is 6.02. The molecule has 1 saturated carbocycles. The molecule has 0 spiro atoms. The SMILES string of the molecule is C=CCN(Cc1cccs1)C(=O)C(C)OC(=O)C1(O)CCC1. The van der Waals surface area contributed by atoms with Crippen LogP contribution in [0.1, 0.15) is 31.1 Å². The number of nitrogens with zero attached hydrogens (tertiary/aromatic N) is 1. The van der Waals surface area contributed by atoms with Gasteiger partial charge in [0.05, 0.1) is 6.54 Å². The van der Waals surface area contributed by atoms with Gasteiger partial charge in [0.2, 0.25) is 0 Å². The molecule has 1 aromatic heterocycles. The van der Waals surface area contributed by atoms with Crippen molar-refractivity contribution in [2.45, 2.75) is 44.4 Å². The summed E-state index contributed by atoms with van der Waals surface area (Å²) in [7, 11) is 0. The Kier molecular flexibility index (Phi) is 5.37. The Hall–Kier alpha value is -1.66. The van der Waals surface area contributed by atoms with Gasteiger partial charge in [-0.05, 0) is 37.6 Å². The number of carbonyl (C=O) groups is 2. The molecule has 1 unspecified atom stereocenters. The molecule has 1 N–H and O–H groups in total. The molecule has 1 atom stereocenters. The molecule has 6 heteroatoms. The van der Waals surface area contributed by atoms with E-state index in [-0.39, 0.29) is 5.91 Å². The van der Waals surface area contributed by atoms with Crippen LogP contribution in [0.15, 0.2) is 30.2 Å². The number of esters is 1. The van der Waals surface area contributed by atoms with E-state index in [1.807, 2.05) is 17.5 Å². The summed E-state index contributed by atoms with van der Waals surface area (Å²) in [5, 5.41) is 11.9. The van der Waals surface area contributed by atoms with Gasteiger partial charge < -0.3 is 14.7 Å².